The minimum Gasteiger partial charge on any atom is -0.326 e. The van der Waals surface area contributed by atoms with Crippen LogP contribution in [-0.2, 0) is 14.4 Å². The van der Waals surface area contributed by atoms with Crippen molar-refractivity contribution in [2.75, 3.05) is 16.0 Å². The molecule has 2 aromatic carbocycles. The van der Waals surface area contributed by atoms with Crippen molar-refractivity contribution >= 4 is 34.8 Å². The van der Waals surface area contributed by atoms with Crippen molar-refractivity contribution in [2.24, 2.45) is 5.92 Å². The molecular weight excluding hydrogens is 349 g/mol. The predicted octanol–water partition coefficient (Wildman–Crippen LogP) is 3.24. The zero-order valence-electron chi connectivity index (χ0n) is 14.4. The molecular formula is C20H18FN3O3. The van der Waals surface area contributed by atoms with Gasteiger partial charge in [-0.05, 0) is 48.7 Å². The molecule has 1 aliphatic heterocycles. The number of carbonyl (C=O) groups is 3. The molecule has 1 atom stereocenters. The number of amides is 3. The molecule has 0 aromatic heterocycles. The zero-order chi connectivity index (χ0) is 19.0. The molecule has 138 valence electrons. The fraction of sp³-hybridized carbons (Fsp3) is 0.250. The van der Waals surface area contributed by atoms with Gasteiger partial charge >= 0.3 is 0 Å². The maximum absolute atomic E-state index is 13.4. The van der Waals surface area contributed by atoms with E-state index in [4.69, 9.17) is 0 Å². The first kappa shape index (κ1) is 17.2. The Bertz CT molecular complexity index is 940. The molecule has 7 heteroatoms. The average Bonchev–Trinajstić information content (AvgIpc) is 3.46. The van der Waals surface area contributed by atoms with Gasteiger partial charge in [-0.1, -0.05) is 12.1 Å². The Labute approximate surface area is 155 Å². The van der Waals surface area contributed by atoms with Crippen LogP contribution in [0.2, 0.25) is 0 Å². The van der Waals surface area contributed by atoms with E-state index in [1.165, 1.54) is 18.2 Å². The minimum atomic E-state index is -0.709. The number of hydrogen-bond donors (Lipinski definition) is 3. The summed E-state index contributed by atoms with van der Waals surface area (Å²) in [6.07, 6.45) is 1.81. The van der Waals surface area contributed by atoms with E-state index in [0.29, 0.717) is 22.6 Å². The van der Waals surface area contributed by atoms with Crippen LogP contribution in [0.5, 0.6) is 0 Å². The highest BCUT2D eigenvalue weighted by molar-refractivity contribution is 6.05. The van der Waals surface area contributed by atoms with Crippen molar-refractivity contribution in [2.45, 2.75) is 25.2 Å². The third kappa shape index (κ3) is 3.81. The fourth-order valence-electron chi connectivity index (χ4n) is 3.17. The van der Waals surface area contributed by atoms with E-state index in [0.717, 1.165) is 12.8 Å². The first-order valence-electron chi connectivity index (χ1n) is 8.81. The molecule has 27 heavy (non-hydrogen) atoms. The molecule has 1 aliphatic carbocycles. The van der Waals surface area contributed by atoms with Crippen LogP contribution >= 0.6 is 0 Å². The second kappa shape index (κ2) is 6.83. The Morgan fingerprint density at radius 2 is 1.70 bits per heavy atom. The summed E-state index contributed by atoms with van der Waals surface area (Å²) in [4.78, 5) is 36.5. The van der Waals surface area contributed by atoms with Crippen LogP contribution in [0.1, 0.15) is 30.7 Å². The number of carbonyl (C=O) groups excluding carboxylic acids is 3. The van der Waals surface area contributed by atoms with Gasteiger partial charge in [0.15, 0.2) is 0 Å². The molecule has 1 unspecified atom stereocenters. The molecule has 0 bridgehead atoms. The molecule has 0 spiro atoms. The number of anilines is 3. The fourth-order valence-corrected chi connectivity index (χ4v) is 3.17. The lowest BCUT2D eigenvalue weighted by Gasteiger charge is -2.25. The van der Waals surface area contributed by atoms with Crippen molar-refractivity contribution in [3.8, 4) is 0 Å². The monoisotopic (exact) mass is 367 g/mol. The Hall–Kier alpha value is -3.22. The topological polar surface area (TPSA) is 87.3 Å². The van der Waals surface area contributed by atoms with E-state index in [-0.39, 0.29) is 30.1 Å². The van der Waals surface area contributed by atoms with E-state index in [9.17, 15) is 18.8 Å². The van der Waals surface area contributed by atoms with Crippen LogP contribution in [0.4, 0.5) is 21.5 Å². The van der Waals surface area contributed by atoms with Crippen molar-refractivity contribution in [3.05, 3.63) is 53.8 Å². The van der Waals surface area contributed by atoms with Gasteiger partial charge in [-0.15, -0.1) is 0 Å². The summed E-state index contributed by atoms with van der Waals surface area (Å²) in [5.74, 6) is -1.81. The van der Waals surface area contributed by atoms with Gasteiger partial charge in [0.05, 0.1) is 5.92 Å². The number of halogens is 1. The van der Waals surface area contributed by atoms with Crippen molar-refractivity contribution < 1.29 is 18.8 Å². The van der Waals surface area contributed by atoms with Crippen LogP contribution < -0.4 is 16.0 Å². The van der Waals surface area contributed by atoms with E-state index in [2.05, 4.69) is 16.0 Å². The van der Waals surface area contributed by atoms with Gasteiger partial charge in [0.2, 0.25) is 17.7 Å². The Kier molecular flexibility index (Phi) is 4.35. The molecule has 3 amide bonds. The lowest BCUT2D eigenvalue weighted by atomic mass is 9.89. The Balaban J connectivity index is 1.51. The summed E-state index contributed by atoms with van der Waals surface area (Å²) in [7, 11) is 0. The number of benzene rings is 2. The summed E-state index contributed by atoms with van der Waals surface area (Å²) in [6, 6.07) is 10.9. The summed E-state index contributed by atoms with van der Waals surface area (Å²) in [6.45, 7) is 0. The second-order valence-corrected chi connectivity index (χ2v) is 6.87. The van der Waals surface area contributed by atoms with Gasteiger partial charge in [0.25, 0.3) is 0 Å². The Morgan fingerprint density at radius 1 is 1.00 bits per heavy atom. The van der Waals surface area contributed by atoms with Gasteiger partial charge in [-0.25, -0.2) is 4.39 Å². The summed E-state index contributed by atoms with van der Waals surface area (Å²) in [5, 5.41) is 8.20. The van der Waals surface area contributed by atoms with E-state index < -0.39 is 11.7 Å². The van der Waals surface area contributed by atoms with Gasteiger partial charge in [-0.3, -0.25) is 14.4 Å². The molecule has 0 saturated heterocycles. The second-order valence-electron chi connectivity index (χ2n) is 6.87. The highest BCUT2D eigenvalue weighted by Gasteiger charge is 2.31. The molecule has 2 aliphatic rings. The van der Waals surface area contributed by atoms with Gasteiger partial charge < -0.3 is 16.0 Å². The van der Waals surface area contributed by atoms with E-state index in [1.807, 2.05) is 0 Å². The maximum Gasteiger partial charge on any atom is 0.232 e. The molecule has 0 radical (unpaired) electrons. The van der Waals surface area contributed by atoms with E-state index in [1.54, 1.807) is 24.3 Å². The predicted molar refractivity (Wildman–Crippen MR) is 98.8 cm³/mol. The molecule has 1 saturated carbocycles. The zero-order valence-corrected chi connectivity index (χ0v) is 14.4. The van der Waals surface area contributed by atoms with Crippen LogP contribution in [-0.4, -0.2) is 17.7 Å². The lowest BCUT2D eigenvalue weighted by molar-refractivity contribution is -0.123. The SMILES string of the molecule is O=C1CC(C(=O)Nc2cccc(NC(=O)C3CC3)c2)c2ccc(F)cc2N1. The first-order chi connectivity index (χ1) is 13.0. The summed E-state index contributed by atoms with van der Waals surface area (Å²) < 4.78 is 13.4. The Morgan fingerprint density at radius 3 is 2.41 bits per heavy atom. The molecule has 4 rings (SSSR count). The highest BCUT2D eigenvalue weighted by atomic mass is 19.1. The number of nitrogens with one attached hydrogen (secondary N) is 3. The molecule has 1 fully saturated rings. The normalized spacial score (nSPS) is 18.3. The quantitative estimate of drug-likeness (QED) is 0.775. The number of rotatable bonds is 4. The maximum atomic E-state index is 13.4. The standard InChI is InChI=1S/C20H18FN3O3/c21-12-6-7-15-16(10-18(25)24-17(15)8-12)20(27)23-14-3-1-2-13(9-14)22-19(26)11-4-5-11/h1-3,6-9,11,16H,4-5,10H2,(H,22,26)(H,23,27)(H,24,25). The van der Waals surface area contributed by atoms with Crippen molar-refractivity contribution in [1.82, 2.24) is 0 Å². The third-order valence-corrected chi connectivity index (χ3v) is 4.72. The van der Waals surface area contributed by atoms with Crippen LogP contribution in [0.15, 0.2) is 42.5 Å². The largest absolute Gasteiger partial charge is 0.326 e. The molecule has 6 nitrogen and oxygen atoms in total. The van der Waals surface area contributed by atoms with Crippen molar-refractivity contribution in [3.63, 3.8) is 0 Å². The average molecular weight is 367 g/mol. The third-order valence-electron chi connectivity index (χ3n) is 4.72. The van der Waals surface area contributed by atoms with Crippen LogP contribution in [0.25, 0.3) is 0 Å². The van der Waals surface area contributed by atoms with Gasteiger partial charge in [0.1, 0.15) is 5.82 Å². The smallest absolute Gasteiger partial charge is 0.232 e. The number of hydrogen-bond acceptors (Lipinski definition) is 3. The van der Waals surface area contributed by atoms with Gasteiger partial charge in [-0.2, -0.15) is 0 Å². The summed E-state index contributed by atoms with van der Waals surface area (Å²) >= 11 is 0. The molecule has 3 N–H and O–H groups in total. The molecule has 2 aromatic rings. The lowest BCUT2D eigenvalue weighted by Crippen LogP contribution is -2.30. The van der Waals surface area contributed by atoms with Crippen LogP contribution in [0, 0.1) is 11.7 Å². The van der Waals surface area contributed by atoms with Crippen molar-refractivity contribution in [1.29, 1.82) is 0 Å². The first-order valence-corrected chi connectivity index (χ1v) is 8.81. The highest BCUT2D eigenvalue weighted by Crippen LogP contribution is 2.34. The number of fused-ring (bicyclic) bond motifs is 1. The minimum absolute atomic E-state index is 0.0113. The van der Waals surface area contributed by atoms with E-state index >= 15 is 0 Å². The van der Waals surface area contributed by atoms with Crippen LogP contribution in [0.3, 0.4) is 0 Å². The molecule has 1 heterocycles. The summed E-state index contributed by atoms with van der Waals surface area (Å²) in [5.41, 5.74) is 2.01. The van der Waals surface area contributed by atoms with Gasteiger partial charge in [0, 0.05) is 29.4 Å².